The Morgan fingerprint density at radius 3 is 2.28 bits per heavy atom. The van der Waals surface area contributed by atoms with Crippen molar-refractivity contribution in [3.8, 4) is 5.75 Å². The first-order chi connectivity index (χ1) is 14.0. The van der Waals surface area contributed by atoms with E-state index in [0.29, 0.717) is 17.9 Å². The summed E-state index contributed by atoms with van der Waals surface area (Å²) in [6, 6.07) is 8.30. The van der Waals surface area contributed by atoms with Crippen molar-refractivity contribution in [2.75, 3.05) is 26.4 Å². The molecular weight excluding hydrogens is 388 g/mol. The zero-order valence-corrected chi connectivity index (χ0v) is 18.4. The van der Waals surface area contributed by atoms with Gasteiger partial charge in [0, 0.05) is 6.61 Å². The van der Waals surface area contributed by atoms with Gasteiger partial charge in [-0.1, -0.05) is 30.3 Å². The van der Waals surface area contributed by atoms with E-state index in [1.165, 1.54) is 12.5 Å². The van der Waals surface area contributed by atoms with E-state index in [2.05, 4.69) is 12.2 Å². The first-order valence-corrected chi connectivity index (χ1v) is 12.8. The molecule has 0 aromatic heterocycles. The summed E-state index contributed by atoms with van der Waals surface area (Å²) in [6.45, 7) is 7.30. The van der Waals surface area contributed by atoms with E-state index in [0.717, 1.165) is 19.1 Å². The van der Waals surface area contributed by atoms with Crippen molar-refractivity contribution >= 4 is 26.3 Å². The number of esters is 2. The Bertz CT molecular complexity index is 712. The van der Waals surface area contributed by atoms with Gasteiger partial charge in [0.25, 0.3) is 0 Å². The second-order valence-electron chi connectivity index (χ2n) is 6.90. The smallest absolute Gasteiger partial charge is 0.345 e. The molecule has 7 heteroatoms. The largest absolute Gasteiger partial charge is 0.490 e. The van der Waals surface area contributed by atoms with E-state index < -0.39 is 20.3 Å². The highest BCUT2D eigenvalue weighted by atomic mass is 28.4. The van der Waals surface area contributed by atoms with Gasteiger partial charge in [0.1, 0.15) is 17.9 Å². The summed E-state index contributed by atoms with van der Waals surface area (Å²) in [6.07, 6.45) is 5.89. The van der Waals surface area contributed by atoms with Gasteiger partial charge in [-0.3, -0.25) is 0 Å². The molecule has 0 N–H and O–H groups in total. The summed E-state index contributed by atoms with van der Waals surface area (Å²) in [5.74, 6) is -0.685. The van der Waals surface area contributed by atoms with Crippen LogP contribution in [0.15, 0.2) is 41.6 Å². The lowest BCUT2D eigenvalue weighted by atomic mass is 10.1. The number of rotatable bonds is 9. The van der Waals surface area contributed by atoms with Crippen molar-refractivity contribution in [1.82, 2.24) is 0 Å². The number of carbonyl (C=O) groups excluding carboxylic acids is 2. The maximum atomic E-state index is 12.0. The molecule has 1 aromatic rings. The van der Waals surface area contributed by atoms with Crippen LogP contribution in [-0.4, -0.2) is 46.7 Å². The summed E-state index contributed by atoms with van der Waals surface area (Å²) < 4.78 is 21.6. The first-order valence-electron chi connectivity index (χ1n) is 10.1. The summed E-state index contributed by atoms with van der Waals surface area (Å²) in [5.41, 5.74) is 2.75. The van der Waals surface area contributed by atoms with E-state index in [1.807, 2.05) is 6.08 Å². The van der Waals surface area contributed by atoms with Crippen molar-refractivity contribution in [1.29, 1.82) is 0 Å². The minimum absolute atomic E-state index is 0.129. The molecule has 0 radical (unpaired) electrons. The van der Waals surface area contributed by atoms with Crippen molar-refractivity contribution in [3.63, 3.8) is 0 Å². The minimum atomic E-state index is -1.69. The van der Waals surface area contributed by atoms with Gasteiger partial charge in [-0.05, 0) is 56.6 Å². The molecule has 0 saturated carbocycles. The zero-order chi connectivity index (χ0) is 21.1. The van der Waals surface area contributed by atoms with Gasteiger partial charge in [-0.25, -0.2) is 9.59 Å². The van der Waals surface area contributed by atoms with E-state index >= 15 is 0 Å². The van der Waals surface area contributed by atoms with Gasteiger partial charge in [0.05, 0.1) is 13.2 Å². The molecule has 1 unspecified atom stereocenters. The van der Waals surface area contributed by atoms with Crippen LogP contribution in [0.25, 0.3) is 6.08 Å². The third-order valence-electron chi connectivity index (χ3n) is 4.50. The van der Waals surface area contributed by atoms with Crippen molar-refractivity contribution < 1.29 is 28.2 Å². The number of hydrogen-bond acceptors (Lipinski definition) is 6. The number of benzene rings is 1. The van der Waals surface area contributed by atoms with Crippen molar-refractivity contribution in [3.05, 3.63) is 47.2 Å². The highest BCUT2D eigenvalue weighted by molar-refractivity contribution is 6.77. The maximum Gasteiger partial charge on any atom is 0.345 e. The van der Waals surface area contributed by atoms with Crippen LogP contribution in [0, 0.1) is 0 Å². The minimum Gasteiger partial charge on any atom is -0.490 e. The normalized spacial score (nSPS) is 18.9. The quantitative estimate of drug-likeness (QED) is 0.198. The SMILES string of the molecule is CCOC(=O)C(=Cc1ccc(OCC=C[Si]2(C)CCCCO2)cc1)C(=O)OCC. The molecule has 0 spiro atoms. The summed E-state index contributed by atoms with van der Waals surface area (Å²) in [7, 11) is -1.69. The second kappa shape index (κ2) is 11.6. The summed E-state index contributed by atoms with van der Waals surface area (Å²) in [4.78, 5) is 24.1. The Morgan fingerprint density at radius 2 is 1.72 bits per heavy atom. The molecule has 0 bridgehead atoms. The highest BCUT2D eigenvalue weighted by Gasteiger charge is 2.28. The molecule has 2 rings (SSSR count). The van der Waals surface area contributed by atoms with Crippen LogP contribution in [0.2, 0.25) is 12.6 Å². The monoisotopic (exact) mass is 418 g/mol. The van der Waals surface area contributed by atoms with E-state index in [9.17, 15) is 9.59 Å². The standard InChI is InChI=1S/C22H30O6Si/c1-4-25-21(23)20(22(24)26-5-2)17-18-9-11-19(12-10-18)27-13-8-16-29(3)15-7-6-14-28-29/h8-12,16-17H,4-7,13-15H2,1-3H3. The van der Waals surface area contributed by atoms with Crippen LogP contribution < -0.4 is 4.74 Å². The third kappa shape index (κ3) is 7.51. The van der Waals surface area contributed by atoms with Crippen molar-refractivity contribution in [2.24, 2.45) is 0 Å². The lowest BCUT2D eigenvalue weighted by molar-refractivity contribution is -0.146. The maximum absolute atomic E-state index is 12.0. The molecule has 0 aliphatic carbocycles. The molecule has 1 saturated heterocycles. The number of hydrogen-bond donors (Lipinski definition) is 0. The lowest BCUT2D eigenvalue weighted by Gasteiger charge is -2.28. The van der Waals surface area contributed by atoms with Crippen LogP contribution in [0.1, 0.15) is 32.3 Å². The number of carbonyl (C=O) groups is 2. The topological polar surface area (TPSA) is 71.1 Å². The van der Waals surface area contributed by atoms with Crippen LogP contribution in [0.4, 0.5) is 0 Å². The molecule has 1 aliphatic rings. The molecule has 158 valence electrons. The summed E-state index contributed by atoms with van der Waals surface area (Å²) in [5, 5.41) is 0. The Labute approximate surface area is 173 Å². The van der Waals surface area contributed by atoms with E-state index in [1.54, 1.807) is 38.1 Å². The van der Waals surface area contributed by atoms with Gasteiger partial charge in [-0.15, -0.1) is 0 Å². The average Bonchev–Trinajstić information content (AvgIpc) is 2.71. The molecule has 1 atom stereocenters. The first kappa shape index (κ1) is 22.9. The van der Waals surface area contributed by atoms with Gasteiger partial charge >= 0.3 is 11.9 Å². The van der Waals surface area contributed by atoms with Crippen LogP contribution in [-0.2, 0) is 23.5 Å². The van der Waals surface area contributed by atoms with Gasteiger partial charge in [-0.2, -0.15) is 0 Å². The molecule has 6 nitrogen and oxygen atoms in total. The Balaban J connectivity index is 1.97. The fourth-order valence-corrected chi connectivity index (χ4v) is 5.54. The van der Waals surface area contributed by atoms with E-state index in [4.69, 9.17) is 18.6 Å². The molecular formula is C22H30O6Si. The highest BCUT2D eigenvalue weighted by Crippen LogP contribution is 2.22. The van der Waals surface area contributed by atoms with E-state index in [-0.39, 0.29) is 18.8 Å². The van der Waals surface area contributed by atoms with Gasteiger partial charge in [0.15, 0.2) is 0 Å². The van der Waals surface area contributed by atoms with Crippen LogP contribution in [0.5, 0.6) is 5.75 Å². The zero-order valence-electron chi connectivity index (χ0n) is 17.4. The molecule has 1 aliphatic heterocycles. The lowest BCUT2D eigenvalue weighted by Crippen LogP contribution is -2.36. The molecule has 29 heavy (non-hydrogen) atoms. The molecule has 0 amide bonds. The molecule has 1 aromatic carbocycles. The van der Waals surface area contributed by atoms with Crippen LogP contribution >= 0.6 is 0 Å². The predicted octanol–water partition coefficient (Wildman–Crippen LogP) is 4.06. The molecule has 1 heterocycles. The Kier molecular flexibility index (Phi) is 9.14. The second-order valence-corrected chi connectivity index (χ2v) is 10.6. The predicted molar refractivity (Wildman–Crippen MR) is 114 cm³/mol. The number of ether oxygens (including phenoxy) is 3. The summed E-state index contributed by atoms with van der Waals surface area (Å²) >= 11 is 0. The molecule has 1 fully saturated rings. The third-order valence-corrected chi connectivity index (χ3v) is 7.65. The van der Waals surface area contributed by atoms with Crippen molar-refractivity contribution in [2.45, 2.75) is 39.3 Å². The van der Waals surface area contributed by atoms with Crippen LogP contribution in [0.3, 0.4) is 0 Å². The van der Waals surface area contributed by atoms with Gasteiger partial charge in [0.2, 0.25) is 8.32 Å². The Hall–Kier alpha value is -2.38. The fourth-order valence-electron chi connectivity index (χ4n) is 2.97. The fraction of sp³-hybridized carbons (Fsp3) is 0.455. The Morgan fingerprint density at radius 1 is 1.07 bits per heavy atom. The van der Waals surface area contributed by atoms with Gasteiger partial charge < -0.3 is 18.6 Å². The average molecular weight is 419 g/mol.